The first-order valence-corrected chi connectivity index (χ1v) is 16.9. The van der Waals surface area contributed by atoms with Gasteiger partial charge in [-0.25, -0.2) is 9.08 Å². The van der Waals surface area contributed by atoms with Gasteiger partial charge in [-0.15, -0.1) is 0 Å². The van der Waals surface area contributed by atoms with Gasteiger partial charge in [0.05, 0.1) is 35.3 Å². The molecule has 16 heteroatoms. The van der Waals surface area contributed by atoms with Gasteiger partial charge < -0.3 is 29.2 Å². The summed E-state index contributed by atoms with van der Waals surface area (Å²) in [4.78, 5) is 38.6. The maximum Gasteiger partial charge on any atom is 0.459 e. The van der Waals surface area contributed by atoms with Gasteiger partial charge in [-0.1, -0.05) is 45.9 Å². The summed E-state index contributed by atoms with van der Waals surface area (Å²) in [5.41, 5.74) is 5.14. The van der Waals surface area contributed by atoms with Gasteiger partial charge in [0, 0.05) is 6.20 Å². The topological polar surface area (TPSA) is 203 Å². The van der Waals surface area contributed by atoms with E-state index in [1.54, 1.807) is 71.0 Å². The van der Waals surface area contributed by atoms with Crippen molar-refractivity contribution in [1.29, 1.82) is 5.26 Å². The normalized spacial score (nSPS) is 22.5. The second-order valence-corrected chi connectivity index (χ2v) is 13.4. The van der Waals surface area contributed by atoms with Crippen molar-refractivity contribution in [3.05, 3.63) is 60.4 Å². The van der Waals surface area contributed by atoms with Gasteiger partial charge >= 0.3 is 25.7 Å². The average molecular weight is 686 g/mol. The minimum absolute atomic E-state index is 0.0661. The molecule has 1 aromatic carbocycles. The summed E-state index contributed by atoms with van der Waals surface area (Å²) < 4.78 is 50.5. The number of ether oxygens (including phenoxy) is 4. The van der Waals surface area contributed by atoms with E-state index in [0.29, 0.717) is 16.9 Å². The third kappa shape index (κ3) is 7.96. The molecule has 258 valence electrons. The number of aromatic nitrogens is 2. The Labute approximate surface area is 278 Å². The average Bonchev–Trinajstić information content (AvgIpc) is 3.61. The van der Waals surface area contributed by atoms with Gasteiger partial charge in [0.15, 0.2) is 12.2 Å². The van der Waals surface area contributed by atoms with Crippen molar-refractivity contribution < 1.29 is 46.9 Å². The molecule has 48 heavy (non-hydrogen) atoms. The van der Waals surface area contributed by atoms with E-state index in [2.05, 4.69) is 10.2 Å². The van der Waals surface area contributed by atoms with Crippen LogP contribution in [-0.4, -0.2) is 64.6 Å². The molecule has 6 atom stereocenters. The predicted octanol–water partition coefficient (Wildman–Crippen LogP) is 4.13. The standard InChI is InChI=1S/C32H40N5O10P/c1-7-42-31(40)21(6)36-48(41,47-22-11-9-8-10-12-22)43-18-32(17-33)28(45-30(39)20(4)5)27(44-29(38)19(2)3)26(46-32)25-14-13-24-23(34)15-16-35-37(24)25/h8-16,19-21,26-28H,7,18,34H2,1-6H3,(H,36,41)/t21-,26-,27-,28-,32+,48-/m0/s1. The molecule has 0 bridgehead atoms. The number of nitrogens with one attached hydrogen (secondary N) is 1. The Morgan fingerprint density at radius 1 is 1.04 bits per heavy atom. The second kappa shape index (κ2) is 15.2. The van der Waals surface area contributed by atoms with Crippen LogP contribution in [0.15, 0.2) is 54.7 Å². The van der Waals surface area contributed by atoms with Crippen LogP contribution in [0.2, 0.25) is 0 Å². The number of carbonyl (C=O) groups excluding carboxylic acids is 3. The number of hydrogen-bond donors (Lipinski definition) is 2. The summed E-state index contributed by atoms with van der Waals surface area (Å²) in [6.45, 7) is 8.65. The van der Waals surface area contributed by atoms with E-state index < -0.39 is 74.1 Å². The highest BCUT2D eigenvalue weighted by Crippen LogP contribution is 2.50. The van der Waals surface area contributed by atoms with E-state index in [4.69, 9.17) is 33.7 Å². The van der Waals surface area contributed by atoms with Crippen molar-refractivity contribution >= 4 is 36.9 Å². The fourth-order valence-corrected chi connectivity index (χ4v) is 6.31. The molecule has 0 amide bonds. The molecule has 3 heterocycles. The predicted molar refractivity (Wildman–Crippen MR) is 171 cm³/mol. The molecule has 0 unspecified atom stereocenters. The minimum Gasteiger partial charge on any atom is -0.465 e. The highest BCUT2D eigenvalue weighted by Gasteiger charge is 2.62. The Hall–Kier alpha value is -4.48. The summed E-state index contributed by atoms with van der Waals surface area (Å²) in [5.74, 6) is -3.26. The van der Waals surface area contributed by atoms with Crippen LogP contribution >= 0.6 is 7.75 Å². The van der Waals surface area contributed by atoms with E-state index >= 15 is 0 Å². The van der Waals surface area contributed by atoms with Crippen molar-refractivity contribution in [2.45, 2.75) is 71.5 Å². The molecular weight excluding hydrogens is 645 g/mol. The maximum atomic E-state index is 14.3. The molecule has 1 aliphatic heterocycles. The maximum absolute atomic E-state index is 14.3. The molecule has 3 N–H and O–H groups in total. The SMILES string of the molecule is CCOC(=O)[C@H](C)N[P@](=O)(OC[C@@]1(C#N)O[C@@H](c2ccc3c(N)ccnn23)[C@H](OC(=O)C(C)C)[C@@H]1OC(=O)C(C)C)Oc1ccccc1. The summed E-state index contributed by atoms with van der Waals surface area (Å²) in [6, 6.07) is 13.7. The summed E-state index contributed by atoms with van der Waals surface area (Å²) in [6.07, 6.45) is -2.78. The van der Waals surface area contributed by atoms with E-state index in [0.717, 1.165) is 0 Å². The van der Waals surface area contributed by atoms with Gasteiger partial charge in [0.25, 0.3) is 0 Å². The number of nitrogen functional groups attached to an aromatic ring is 1. The molecule has 0 radical (unpaired) electrons. The summed E-state index contributed by atoms with van der Waals surface area (Å²) >= 11 is 0. The monoisotopic (exact) mass is 685 g/mol. The number of anilines is 1. The van der Waals surface area contributed by atoms with E-state index in [1.165, 1.54) is 29.8 Å². The van der Waals surface area contributed by atoms with Crippen LogP contribution in [-0.2, 0) is 42.4 Å². The van der Waals surface area contributed by atoms with Crippen molar-refractivity contribution in [2.24, 2.45) is 11.8 Å². The van der Waals surface area contributed by atoms with E-state index in [9.17, 15) is 24.2 Å². The molecule has 4 rings (SSSR count). The van der Waals surface area contributed by atoms with Crippen LogP contribution < -0.4 is 15.3 Å². The van der Waals surface area contributed by atoms with Gasteiger partial charge in [0.2, 0.25) is 5.60 Å². The molecule has 2 aromatic heterocycles. The van der Waals surface area contributed by atoms with Crippen LogP contribution in [0, 0.1) is 23.2 Å². The lowest BCUT2D eigenvalue weighted by Gasteiger charge is -2.31. The first-order chi connectivity index (χ1) is 22.7. The smallest absolute Gasteiger partial charge is 0.459 e. The number of nitrogens with two attached hydrogens (primary N) is 1. The lowest BCUT2D eigenvalue weighted by Crippen LogP contribution is -2.50. The zero-order valence-corrected chi connectivity index (χ0v) is 28.4. The number of nitriles is 1. The Morgan fingerprint density at radius 2 is 1.71 bits per heavy atom. The molecular formula is C32H40N5O10P. The molecule has 0 spiro atoms. The van der Waals surface area contributed by atoms with Crippen LogP contribution in [0.3, 0.4) is 0 Å². The molecule has 15 nitrogen and oxygen atoms in total. The molecule has 0 aliphatic carbocycles. The van der Waals surface area contributed by atoms with Crippen molar-refractivity contribution in [3.63, 3.8) is 0 Å². The number of carbonyl (C=O) groups is 3. The van der Waals surface area contributed by atoms with Gasteiger partial charge in [0.1, 0.15) is 30.6 Å². The highest BCUT2D eigenvalue weighted by atomic mass is 31.2. The molecule has 1 aliphatic rings. The number of nitrogens with zero attached hydrogens (tertiary/aromatic N) is 3. The van der Waals surface area contributed by atoms with Crippen LogP contribution in [0.5, 0.6) is 5.75 Å². The number of esters is 3. The number of para-hydroxylation sites is 1. The van der Waals surface area contributed by atoms with Gasteiger partial charge in [-0.2, -0.15) is 15.4 Å². The molecule has 0 saturated carbocycles. The third-order valence-electron chi connectivity index (χ3n) is 7.34. The Kier molecular flexibility index (Phi) is 11.5. The first kappa shape index (κ1) is 36.4. The zero-order chi connectivity index (χ0) is 35.2. The largest absolute Gasteiger partial charge is 0.465 e. The van der Waals surface area contributed by atoms with Crippen molar-refractivity contribution in [1.82, 2.24) is 14.7 Å². The number of hydrogen-bond acceptors (Lipinski definition) is 13. The van der Waals surface area contributed by atoms with Crippen LogP contribution in [0.4, 0.5) is 5.69 Å². The molecule has 1 saturated heterocycles. The summed E-state index contributed by atoms with van der Waals surface area (Å²) in [5, 5.41) is 17.6. The first-order valence-electron chi connectivity index (χ1n) is 15.4. The lowest BCUT2D eigenvalue weighted by atomic mass is 9.95. The van der Waals surface area contributed by atoms with Crippen LogP contribution in [0.1, 0.15) is 53.3 Å². The van der Waals surface area contributed by atoms with Crippen molar-refractivity contribution in [2.75, 3.05) is 18.9 Å². The lowest BCUT2D eigenvalue weighted by molar-refractivity contribution is -0.173. The molecule has 1 fully saturated rings. The third-order valence-corrected chi connectivity index (χ3v) is 8.96. The fourth-order valence-electron chi connectivity index (χ4n) is 4.79. The Bertz CT molecular complexity index is 1710. The Balaban J connectivity index is 1.80. The van der Waals surface area contributed by atoms with Gasteiger partial charge in [-0.3, -0.25) is 18.9 Å². The minimum atomic E-state index is -4.52. The highest BCUT2D eigenvalue weighted by molar-refractivity contribution is 7.52. The van der Waals surface area contributed by atoms with E-state index in [-0.39, 0.29) is 12.4 Å². The number of fused-ring (bicyclic) bond motifs is 1. The van der Waals surface area contributed by atoms with Gasteiger partial charge in [-0.05, 0) is 44.2 Å². The fraction of sp³-hybridized carbons (Fsp3) is 0.469. The summed E-state index contributed by atoms with van der Waals surface area (Å²) in [7, 11) is -4.52. The van der Waals surface area contributed by atoms with Crippen LogP contribution in [0.25, 0.3) is 5.52 Å². The second-order valence-electron chi connectivity index (χ2n) is 11.7. The quantitative estimate of drug-likeness (QED) is 0.139. The van der Waals surface area contributed by atoms with E-state index in [1.807, 2.05) is 6.07 Å². The molecule has 3 aromatic rings. The number of benzene rings is 1. The van der Waals surface area contributed by atoms with Crippen molar-refractivity contribution in [3.8, 4) is 11.8 Å². The Morgan fingerprint density at radius 3 is 2.33 bits per heavy atom. The zero-order valence-electron chi connectivity index (χ0n) is 27.5. The number of rotatable bonds is 14.